The standard InChI is InChI=1S/C9H15F3N2O/c1-6(9(10,11)12)15-5-8(2-3-8)4-7(13)14/h6H,2-5H2,1H3,(H3,13,14). The molecular weight excluding hydrogens is 209 g/mol. The molecule has 88 valence electrons. The van der Waals surface area contributed by atoms with Gasteiger partial charge in [-0.05, 0) is 19.8 Å². The van der Waals surface area contributed by atoms with Gasteiger partial charge in [0.05, 0.1) is 12.4 Å². The molecular formula is C9H15F3N2O. The predicted octanol–water partition coefficient (Wildman–Crippen LogP) is 2.06. The van der Waals surface area contributed by atoms with Crippen LogP contribution in [0, 0.1) is 10.8 Å². The van der Waals surface area contributed by atoms with Crippen LogP contribution < -0.4 is 5.73 Å². The fourth-order valence-corrected chi connectivity index (χ4v) is 1.35. The molecule has 1 fully saturated rings. The van der Waals surface area contributed by atoms with E-state index < -0.39 is 12.3 Å². The molecule has 1 atom stereocenters. The smallest absolute Gasteiger partial charge is 0.388 e. The Bertz CT molecular complexity index is 248. The number of rotatable bonds is 5. The van der Waals surface area contributed by atoms with Gasteiger partial charge in [-0.25, -0.2) is 0 Å². The van der Waals surface area contributed by atoms with Gasteiger partial charge in [0.15, 0.2) is 6.10 Å². The van der Waals surface area contributed by atoms with Crippen molar-refractivity contribution >= 4 is 5.84 Å². The van der Waals surface area contributed by atoms with Gasteiger partial charge in [0.2, 0.25) is 0 Å². The highest BCUT2D eigenvalue weighted by Gasteiger charge is 2.46. The van der Waals surface area contributed by atoms with Gasteiger partial charge in [0, 0.05) is 11.8 Å². The largest absolute Gasteiger partial charge is 0.414 e. The predicted molar refractivity (Wildman–Crippen MR) is 49.7 cm³/mol. The first-order valence-electron chi connectivity index (χ1n) is 4.76. The lowest BCUT2D eigenvalue weighted by Crippen LogP contribution is -2.31. The van der Waals surface area contributed by atoms with Crippen LogP contribution in [-0.2, 0) is 4.74 Å². The summed E-state index contributed by atoms with van der Waals surface area (Å²) in [6.45, 7) is 1.02. The van der Waals surface area contributed by atoms with Crippen LogP contribution in [0.25, 0.3) is 0 Å². The molecule has 3 nitrogen and oxygen atoms in total. The molecule has 0 spiro atoms. The lowest BCUT2D eigenvalue weighted by Gasteiger charge is -2.20. The monoisotopic (exact) mass is 224 g/mol. The second kappa shape index (κ2) is 4.00. The minimum atomic E-state index is -4.31. The molecule has 0 bridgehead atoms. The summed E-state index contributed by atoms with van der Waals surface area (Å²) in [6.07, 6.45) is -4.15. The Morgan fingerprint density at radius 1 is 1.53 bits per heavy atom. The van der Waals surface area contributed by atoms with Gasteiger partial charge in [-0.3, -0.25) is 5.41 Å². The summed E-state index contributed by atoms with van der Waals surface area (Å²) in [4.78, 5) is 0. The molecule has 1 rings (SSSR count). The topological polar surface area (TPSA) is 59.1 Å². The second-order valence-electron chi connectivity index (χ2n) is 4.20. The molecule has 0 aromatic carbocycles. The van der Waals surface area contributed by atoms with E-state index in [2.05, 4.69) is 0 Å². The van der Waals surface area contributed by atoms with Crippen molar-refractivity contribution in [1.29, 1.82) is 5.41 Å². The summed E-state index contributed by atoms with van der Waals surface area (Å²) in [5.41, 5.74) is 4.92. The fourth-order valence-electron chi connectivity index (χ4n) is 1.35. The summed E-state index contributed by atoms with van der Waals surface area (Å²) in [5, 5.41) is 7.10. The summed E-state index contributed by atoms with van der Waals surface area (Å²) >= 11 is 0. The van der Waals surface area contributed by atoms with E-state index in [1.54, 1.807) is 0 Å². The zero-order chi connectivity index (χ0) is 11.7. The number of nitrogens with one attached hydrogen (secondary N) is 1. The summed E-state index contributed by atoms with van der Waals surface area (Å²) in [7, 11) is 0. The van der Waals surface area contributed by atoms with Crippen molar-refractivity contribution in [1.82, 2.24) is 0 Å². The van der Waals surface area contributed by atoms with Crippen LogP contribution in [-0.4, -0.2) is 24.7 Å². The molecule has 0 radical (unpaired) electrons. The zero-order valence-corrected chi connectivity index (χ0v) is 8.53. The van der Waals surface area contributed by atoms with E-state index in [1.807, 2.05) is 0 Å². The lowest BCUT2D eigenvalue weighted by molar-refractivity contribution is -0.217. The average Bonchev–Trinajstić information content (AvgIpc) is 2.78. The second-order valence-corrected chi connectivity index (χ2v) is 4.20. The molecule has 1 aliphatic rings. The van der Waals surface area contributed by atoms with Crippen molar-refractivity contribution in [3.05, 3.63) is 0 Å². The molecule has 15 heavy (non-hydrogen) atoms. The van der Waals surface area contributed by atoms with Crippen LogP contribution >= 0.6 is 0 Å². The SMILES string of the molecule is CC(OCC1(CC(=N)N)CC1)C(F)(F)F. The van der Waals surface area contributed by atoms with Crippen LogP contribution in [0.2, 0.25) is 0 Å². The van der Waals surface area contributed by atoms with Gasteiger partial charge >= 0.3 is 6.18 Å². The molecule has 0 aromatic rings. The minimum Gasteiger partial charge on any atom is -0.388 e. The number of hydrogen-bond donors (Lipinski definition) is 2. The molecule has 1 unspecified atom stereocenters. The van der Waals surface area contributed by atoms with E-state index >= 15 is 0 Å². The van der Waals surface area contributed by atoms with E-state index in [0.717, 1.165) is 19.8 Å². The normalized spacial score (nSPS) is 21.1. The van der Waals surface area contributed by atoms with Gasteiger partial charge in [-0.1, -0.05) is 0 Å². The third-order valence-corrected chi connectivity index (χ3v) is 2.62. The Labute approximate surface area is 86.3 Å². The summed E-state index contributed by atoms with van der Waals surface area (Å²) in [5.74, 6) is 0.00996. The lowest BCUT2D eigenvalue weighted by atomic mass is 10.0. The molecule has 1 aliphatic carbocycles. The molecule has 6 heteroatoms. The molecule has 3 N–H and O–H groups in total. The maximum absolute atomic E-state index is 12.1. The van der Waals surface area contributed by atoms with Crippen molar-refractivity contribution in [3.8, 4) is 0 Å². The number of nitrogens with two attached hydrogens (primary N) is 1. The van der Waals surface area contributed by atoms with E-state index in [-0.39, 0.29) is 17.9 Å². The van der Waals surface area contributed by atoms with Crippen molar-refractivity contribution < 1.29 is 17.9 Å². The third-order valence-electron chi connectivity index (χ3n) is 2.62. The Kier molecular flexibility index (Phi) is 3.28. The number of hydrogen-bond acceptors (Lipinski definition) is 2. The van der Waals surface area contributed by atoms with Crippen LogP contribution in [0.4, 0.5) is 13.2 Å². The first kappa shape index (κ1) is 12.3. The molecule has 0 heterocycles. The van der Waals surface area contributed by atoms with Gasteiger partial charge in [-0.2, -0.15) is 13.2 Å². The van der Waals surface area contributed by atoms with Crippen molar-refractivity contribution in [2.24, 2.45) is 11.1 Å². The van der Waals surface area contributed by atoms with E-state index in [0.29, 0.717) is 6.42 Å². The third kappa shape index (κ3) is 3.70. The van der Waals surface area contributed by atoms with E-state index in [1.165, 1.54) is 0 Å². The van der Waals surface area contributed by atoms with Crippen LogP contribution in [0.15, 0.2) is 0 Å². The molecule has 0 amide bonds. The van der Waals surface area contributed by atoms with Crippen molar-refractivity contribution in [3.63, 3.8) is 0 Å². The van der Waals surface area contributed by atoms with E-state index in [4.69, 9.17) is 15.9 Å². The number of ether oxygens (including phenoxy) is 1. The molecule has 0 aromatic heterocycles. The fraction of sp³-hybridized carbons (Fsp3) is 0.889. The molecule has 1 saturated carbocycles. The maximum atomic E-state index is 12.1. The minimum absolute atomic E-state index is 0.00996. The number of halogens is 3. The summed E-state index contributed by atoms with van der Waals surface area (Å²) < 4.78 is 41.1. The van der Waals surface area contributed by atoms with Gasteiger partial charge in [-0.15, -0.1) is 0 Å². The van der Waals surface area contributed by atoms with Crippen molar-refractivity contribution in [2.75, 3.05) is 6.61 Å². The first-order chi connectivity index (χ1) is 6.75. The quantitative estimate of drug-likeness (QED) is 0.554. The molecule has 0 saturated heterocycles. The van der Waals surface area contributed by atoms with Crippen LogP contribution in [0.3, 0.4) is 0 Å². The Morgan fingerprint density at radius 2 is 2.07 bits per heavy atom. The highest BCUT2D eigenvalue weighted by molar-refractivity contribution is 5.78. The first-order valence-corrected chi connectivity index (χ1v) is 4.76. The Hall–Kier alpha value is -0.780. The highest BCUT2D eigenvalue weighted by atomic mass is 19.4. The highest BCUT2D eigenvalue weighted by Crippen LogP contribution is 2.49. The van der Waals surface area contributed by atoms with E-state index in [9.17, 15) is 13.2 Å². The maximum Gasteiger partial charge on any atom is 0.414 e. The van der Waals surface area contributed by atoms with Crippen molar-refractivity contribution in [2.45, 2.75) is 38.5 Å². The van der Waals surface area contributed by atoms with Gasteiger partial charge in [0.1, 0.15) is 0 Å². The Morgan fingerprint density at radius 3 is 2.40 bits per heavy atom. The van der Waals surface area contributed by atoms with Crippen LogP contribution in [0.1, 0.15) is 26.2 Å². The summed E-state index contributed by atoms with van der Waals surface area (Å²) in [6, 6.07) is 0. The van der Waals surface area contributed by atoms with Gasteiger partial charge < -0.3 is 10.5 Å². The Balaban J connectivity index is 2.34. The van der Waals surface area contributed by atoms with Crippen LogP contribution in [0.5, 0.6) is 0 Å². The zero-order valence-electron chi connectivity index (χ0n) is 8.53. The molecule has 0 aliphatic heterocycles. The average molecular weight is 224 g/mol. The van der Waals surface area contributed by atoms with Gasteiger partial charge in [0.25, 0.3) is 0 Å². The number of amidine groups is 1. The number of alkyl halides is 3.